The third-order valence-corrected chi connectivity index (χ3v) is 2.07. The van der Waals surface area contributed by atoms with Crippen molar-refractivity contribution in [3.8, 4) is 0 Å². The number of rotatable bonds is 0. The Labute approximate surface area is 105 Å². The first-order chi connectivity index (χ1) is 8.20. The maximum Gasteiger partial charge on any atom is 0.490 e. The molecule has 0 fully saturated rings. The summed E-state index contributed by atoms with van der Waals surface area (Å²) in [5, 5.41) is 7.12. The molecule has 9 heteroatoms. The van der Waals surface area contributed by atoms with Gasteiger partial charge in [-0.2, -0.15) is 13.2 Å². The second-order valence-electron chi connectivity index (χ2n) is 3.39. The lowest BCUT2D eigenvalue weighted by molar-refractivity contribution is -0.192. The Morgan fingerprint density at radius 2 is 2.17 bits per heavy atom. The van der Waals surface area contributed by atoms with E-state index in [1.165, 1.54) is 0 Å². The minimum absolute atomic E-state index is 0.454. The van der Waals surface area contributed by atoms with Gasteiger partial charge >= 0.3 is 12.1 Å². The van der Waals surface area contributed by atoms with E-state index < -0.39 is 12.1 Å². The molecule has 0 atom stereocenters. The highest BCUT2D eigenvalue weighted by Gasteiger charge is 2.38. The number of aromatic nitrogens is 1. The number of aliphatic carboxylic acids is 1. The van der Waals surface area contributed by atoms with E-state index in [2.05, 4.69) is 9.88 Å². The maximum absolute atomic E-state index is 10.6. The van der Waals surface area contributed by atoms with Crippen molar-refractivity contribution in [3.63, 3.8) is 0 Å². The Balaban J connectivity index is 0.000000203. The van der Waals surface area contributed by atoms with Gasteiger partial charge in [0.25, 0.3) is 4.84 Å². The van der Waals surface area contributed by atoms with E-state index in [0.29, 0.717) is 4.84 Å². The van der Waals surface area contributed by atoms with Gasteiger partial charge in [-0.3, -0.25) is 0 Å². The van der Waals surface area contributed by atoms with Crippen LogP contribution in [0.15, 0.2) is 10.6 Å². The number of alkyl halides is 3. The Kier molecular flexibility index (Phi) is 4.17. The number of hydrogen-bond donors (Lipinski definition) is 2. The molecule has 0 aliphatic carbocycles. The second-order valence-corrected chi connectivity index (χ2v) is 3.76. The van der Waals surface area contributed by atoms with E-state index in [1.54, 1.807) is 0 Å². The van der Waals surface area contributed by atoms with Crippen LogP contribution in [0.2, 0.25) is 0 Å². The summed E-state index contributed by atoms with van der Waals surface area (Å²) in [6.45, 7) is 0.839. The lowest BCUT2D eigenvalue weighted by Crippen LogP contribution is -2.21. The topological polar surface area (TPSA) is 69.5 Å². The highest BCUT2D eigenvalue weighted by atomic mass is 32.1. The number of nitrogens with one attached hydrogen (secondary N) is 1. The van der Waals surface area contributed by atoms with Gasteiger partial charge in [0.15, 0.2) is 5.76 Å². The average molecular weight is 282 g/mol. The van der Waals surface area contributed by atoms with Gasteiger partial charge in [-0.25, -0.2) is 4.79 Å². The van der Waals surface area contributed by atoms with E-state index in [9.17, 15) is 13.2 Å². The molecular weight excluding hydrogens is 273 g/mol. The molecule has 0 aromatic carbocycles. The van der Waals surface area contributed by atoms with Crippen LogP contribution in [-0.4, -0.2) is 34.2 Å². The molecule has 0 saturated heterocycles. The van der Waals surface area contributed by atoms with Gasteiger partial charge in [0.05, 0.1) is 12.2 Å². The second kappa shape index (κ2) is 5.25. The van der Waals surface area contributed by atoms with Crippen molar-refractivity contribution in [1.29, 1.82) is 0 Å². The number of halogens is 3. The standard InChI is InChI=1S/C7H8N2OS.C2HF3O2/c1-9-3-2-6-5(4-9)8-7(11)10-6;3-2(4,5)1(6)7/h2-3H,4H2,1H3,(H,8,11);(H,6,7). The third-order valence-electron chi connectivity index (χ3n) is 1.88. The number of H-pyrrole nitrogens is 1. The average Bonchev–Trinajstić information content (AvgIpc) is 2.56. The molecule has 2 N–H and O–H groups in total. The number of fused-ring (bicyclic) bond motifs is 1. The number of carboxylic acid groups (broad SMARTS) is 1. The SMILES string of the molecule is CN1C=Cc2oc(=S)[nH]c2C1.O=C(O)C(F)(F)F. The van der Waals surface area contributed by atoms with Crippen LogP contribution in [0.4, 0.5) is 13.2 Å². The maximum atomic E-state index is 10.6. The predicted molar refractivity (Wildman–Crippen MR) is 58.1 cm³/mol. The van der Waals surface area contributed by atoms with Gasteiger partial charge in [0, 0.05) is 13.2 Å². The first-order valence-corrected chi connectivity index (χ1v) is 5.01. The number of carboxylic acids is 1. The zero-order chi connectivity index (χ0) is 13.9. The van der Waals surface area contributed by atoms with Gasteiger partial charge < -0.3 is 19.4 Å². The van der Waals surface area contributed by atoms with Gasteiger partial charge in [-0.1, -0.05) is 0 Å². The summed E-state index contributed by atoms with van der Waals surface area (Å²) in [4.78, 5) is 14.4. The first-order valence-electron chi connectivity index (χ1n) is 4.60. The van der Waals surface area contributed by atoms with Crippen LogP contribution in [0.1, 0.15) is 11.5 Å². The summed E-state index contributed by atoms with van der Waals surface area (Å²) in [7, 11) is 2.00. The first kappa shape index (κ1) is 14.3. The third kappa shape index (κ3) is 3.91. The zero-order valence-corrected chi connectivity index (χ0v) is 9.93. The smallest absolute Gasteiger partial charge is 0.475 e. The fourth-order valence-corrected chi connectivity index (χ4v) is 1.33. The van der Waals surface area contributed by atoms with Gasteiger partial charge in [-0.15, -0.1) is 0 Å². The molecular formula is C9H9F3N2O3S. The van der Waals surface area contributed by atoms with Crippen LogP contribution in [0.5, 0.6) is 0 Å². The summed E-state index contributed by atoms with van der Waals surface area (Å²) >= 11 is 4.84. The fraction of sp³-hybridized carbons (Fsp3) is 0.333. The Hall–Kier alpha value is -1.77. The number of carbonyl (C=O) groups is 1. The van der Waals surface area contributed by atoms with Crippen LogP contribution in [0, 0.1) is 4.84 Å². The molecule has 0 radical (unpaired) electrons. The van der Waals surface area contributed by atoms with Crippen molar-refractivity contribution in [2.75, 3.05) is 7.05 Å². The monoisotopic (exact) mass is 282 g/mol. The molecule has 1 aromatic rings. The molecule has 0 spiro atoms. The van der Waals surface area contributed by atoms with Crippen molar-refractivity contribution < 1.29 is 27.5 Å². The quantitative estimate of drug-likeness (QED) is 0.715. The molecule has 1 aliphatic rings. The summed E-state index contributed by atoms with van der Waals surface area (Å²) in [6.07, 6.45) is -1.21. The lowest BCUT2D eigenvalue weighted by atomic mass is 10.2. The summed E-state index contributed by atoms with van der Waals surface area (Å²) in [5.41, 5.74) is 1.06. The van der Waals surface area contributed by atoms with Gasteiger partial charge in [-0.05, 0) is 18.3 Å². The number of aromatic amines is 1. The van der Waals surface area contributed by atoms with Crippen LogP contribution in [-0.2, 0) is 11.3 Å². The largest absolute Gasteiger partial charge is 0.490 e. The van der Waals surface area contributed by atoms with Crippen LogP contribution >= 0.6 is 12.2 Å². The summed E-state index contributed by atoms with van der Waals surface area (Å²) in [6, 6.07) is 0. The molecule has 1 aliphatic heterocycles. The van der Waals surface area contributed by atoms with Crippen molar-refractivity contribution in [1.82, 2.24) is 9.88 Å². The Morgan fingerprint density at radius 3 is 2.67 bits per heavy atom. The summed E-state index contributed by atoms with van der Waals surface area (Å²) in [5.74, 6) is -1.90. The molecule has 2 rings (SSSR count). The van der Waals surface area contributed by atoms with E-state index in [0.717, 1.165) is 18.0 Å². The van der Waals surface area contributed by atoms with E-state index in [-0.39, 0.29) is 0 Å². The Morgan fingerprint density at radius 1 is 1.61 bits per heavy atom. The van der Waals surface area contributed by atoms with E-state index in [1.807, 2.05) is 19.3 Å². The number of oxazole rings is 1. The predicted octanol–water partition coefficient (Wildman–Crippen LogP) is 2.39. The molecule has 0 unspecified atom stereocenters. The van der Waals surface area contributed by atoms with E-state index >= 15 is 0 Å². The number of hydrogen-bond acceptors (Lipinski definition) is 4. The minimum Gasteiger partial charge on any atom is -0.475 e. The van der Waals surface area contributed by atoms with Crippen molar-refractivity contribution in [2.45, 2.75) is 12.7 Å². The molecule has 1 aromatic heterocycles. The normalized spacial score (nSPS) is 13.7. The summed E-state index contributed by atoms with van der Waals surface area (Å²) < 4.78 is 36.9. The van der Waals surface area contributed by atoms with Crippen LogP contribution in [0.25, 0.3) is 6.08 Å². The van der Waals surface area contributed by atoms with Gasteiger partial charge in [0.1, 0.15) is 0 Å². The Bertz CT molecular complexity index is 518. The highest BCUT2D eigenvalue weighted by Crippen LogP contribution is 2.17. The van der Waals surface area contributed by atoms with Crippen LogP contribution < -0.4 is 0 Å². The lowest BCUT2D eigenvalue weighted by Gasteiger charge is -2.15. The number of nitrogens with zero attached hydrogens (tertiary/aromatic N) is 1. The van der Waals surface area contributed by atoms with Crippen molar-refractivity contribution in [3.05, 3.63) is 22.5 Å². The molecule has 0 amide bonds. The van der Waals surface area contributed by atoms with Gasteiger partial charge in [0.2, 0.25) is 0 Å². The molecule has 100 valence electrons. The molecule has 5 nitrogen and oxygen atoms in total. The fourth-order valence-electron chi connectivity index (χ4n) is 1.12. The zero-order valence-electron chi connectivity index (χ0n) is 9.11. The molecule has 2 heterocycles. The van der Waals surface area contributed by atoms with Crippen molar-refractivity contribution in [2.24, 2.45) is 0 Å². The minimum atomic E-state index is -5.08. The molecule has 0 saturated carbocycles. The molecule has 18 heavy (non-hydrogen) atoms. The van der Waals surface area contributed by atoms with Crippen molar-refractivity contribution >= 4 is 24.3 Å². The van der Waals surface area contributed by atoms with Crippen LogP contribution in [0.3, 0.4) is 0 Å². The highest BCUT2D eigenvalue weighted by molar-refractivity contribution is 7.71. The molecule has 0 bridgehead atoms. The van der Waals surface area contributed by atoms with E-state index in [4.69, 9.17) is 26.5 Å².